The van der Waals surface area contributed by atoms with E-state index >= 15 is 0 Å². The number of piperidine rings is 1. The molecule has 1 amide bonds. The van der Waals surface area contributed by atoms with Gasteiger partial charge in [0.05, 0.1) is 5.69 Å². The van der Waals surface area contributed by atoms with Gasteiger partial charge < -0.3 is 15.4 Å². The first-order valence-corrected chi connectivity index (χ1v) is 6.68. The van der Waals surface area contributed by atoms with Crippen LogP contribution in [0.2, 0.25) is 0 Å². The molecule has 2 aliphatic heterocycles. The number of nitrogens with one attached hydrogen (secondary N) is 2. The summed E-state index contributed by atoms with van der Waals surface area (Å²) in [6, 6.07) is 3.34. The molecule has 1 atom stereocenters. The van der Waals surface area contributed by atoms with Gasteiger partial charge in [0, 0.05) is 0 Å². The molecular formula is C14H17FN2O2. The number of carbonyl (C=O) groups is 1. The van der Waals surface area contributed by atoms with Crippen molar-refractivity contribution >= 4 is 11.6 Å². The van der Waals surface area contributed by atoms with Crippen molar-refractivity contribution in [3.63, 3.8) is 0 Å². The van der Waals surface area contributed by atoms with Crippen LogP contribution in [-0.2, 0) is 11.2 Å². The molecular weight excluding hydrogens is 247 g/mol. The third kappa shape index (κ3) is 2.71. The summed E-state index contributed by atoms with van der Waals surface area (Å²) in [7, 11) is 0. The number of hydrogen-bond donors (Lipinski definition) is 2. The van der Waals surface area contributed by atoms with Crippen LogP contribution in [-0.4, -0.2) is 25.6 Å². The van der Waals surface area contributed by atoms with Crippen LogP contribution in [0.25, 0.3) is 0 Å². The van der Waals surface area contributed by atoms with Crippen molar-refractivity contribution in [1.29, 1.82) is 0 Å². The fourth-order valence-electron chi connectivity index (χ4n) is 2.76. The van der Waals surface area contributed by atoms with E-state index in [0.29, 0.717) is 11.6 Å². The topological polar surface area (TPSA) is 50.4 Å². The summed E-state index contributed by atoms with van der Waals surface area (Å²) in [5.41, 5.74) is 1.37. The van der Waals surface area contributed by atoms with Gasteiger partial charge in [-0.1, -0.05) is 0 Å². The molecule has 1 unspecified atom stereocenters. The molecule has 102 valence electrons. The van der Waals surface area contributed by atoms with E-state index in [1.54, 1.807) is 0 Å². The van der Waals surface area contributed by atoms with Crippen molar-refractivity contribution < 1.29 is 13.9 Å². The predicted molar refractivity (Wildman–Crippen MR) is 69.8 cm³/mol. The Hall–Kier alpha value is -1.62. The first-order valence-electron chi connectivity index (χ1n) is 6.68. The Morgan fingerprint density at radius 2 is 2.32 bits per heavy atom. The lowest BCUT2D eigenvalue weighted by Gasteiger charge is -2.24. The minimum absolute atomic E-state index is 0.115. The average molecular weight is 264 g/mol. The van der Waals surface area contributed by atoms with Gasteiger partial charge in [0.25, 0.3) is 5.91 Å². The largest absolute Gasteiger partial charge is 0.478 e. The van der Waals surface area contributed by atoms with Crippen LogP contribution in [0.3, 0.4) is 0 Å². The number of carbonyl (C=O) groups excluding carboxylic acids is 1. The number of amides is 1. The molecule has 4 nitrogen and oxygen atoms in total. The predicted octanol–water partition coefficient (Wildman–Crippen LogP) is 1.70. The Kier molecular flexibility index (Phi) is 3.38. The van der Waals surface area contributed by atoms with E-state index in [1.165, 1.54) is 6.07 Å². The molecule has 1 fully saturated rings. The molecule has 1 aromatic rings. The summed E-state index contributed by atoms with van der Waals surface area (Å²) in [5, 5.41) is 6.01. The molecule has 0 spiro atoms. The molecule has 0 radical (unpaired) electrons. The monoisotopic (exact) mass is 264 g/mol. The first-order chi connectivity index (χ1) is 9.22. The van der Waals surface area contributed by atoms with Crippen LogP contribution >= 0.6 is 0 Å². The molecule has 5 heteroatoms. The Labute approximate surface area is 111 Å². The molecule has 2 heterocycles. The SMILES string of the molecule is O=C1COc2c(F)cc(CC3CCCNC3)cc2N1. The Morgan fingerprint density at radius 3 is 3.11 bits per heavy atom. The van der Waals surface area contributed by atoms with Crippen LogP contribution in [0, 0.1) is 11.7 Å². The van der Waals surface area contributed by atoms with Crippen LogP contribution in [0.15, 0.2) is 12.1 Å². The van der Waals surface area contributed by atoms with Gasteiger partial charge >= 0.3 is 0 Å². The minimum Gasteiger partial charge on any atom is -0.478 e. The highest BCUT2D eigenvalue weighted by atomic mass is 19.1. The van der Waals surface area contributed by atoms with Gasteiger partial charge in [-0.2, -0.15) is 0 Å². The molecule has 2 aliphatic rings. The lowest BCUT2D eigenvalue weighted by Crippen LogP contribution is -2.31. The number of anilines is 1. The quantitative estimate of drug-likeness (QED) is 0.854. The van der Waals surface area contributed by atoms with E-state index in [9.17, 15) is 9.18 Å². The van der Waals surface area contributed by atoms with E-state index in [1.807, 2.05) is 6.07 Å². The van der Waals surface area contributed by atoms with Crippen molar-refractivity contribution in [3.05, 3.63) is 23.5 Å². The van der Waals surface area contributed by atoms with Gasteiger partial charge in [-0.15, -0.1) is 0 Å². The number of benzene rings is 1. The summed E-state index contributed by atoms with van der Waals surface area (Å²) >= 11 is 0. The van der Waals surface area contributed by atoms with Gasteiger partial charge in [0.1, 0.15) is 0 Å². The van der Waals surface area contributed by atoms with E-state index in [2.05, 4.69) is 10.6 Å². The Morgan fingerprint density at radius 1 is 1.42 bits per heavy atom. The van der Waals surface area contributed by atoms with E-state index in [4.69, 9.17) is 4.74 Å². The van der Waals surface area contributed by atoms with Crippen LogP contribution in [0.4, 0.5) is 10.1 Å². The highest BCUT2D eigenvalue weighted by molar-refractivity contribution is 5.95. The van der Waals surface area contributed by atoms with Gasteiger partial charge in [-0.3, -0.25) is 4.79 Å². The third-order valence-electron chi connectivity index (χ3n) is 3.65. The Balaban J connectivity index is 1.80. The van der Waals surface area contributed by atoms with Gasteiger partial charge in [-0.25, -0.2) is 4.39 Å². The van der Waals surface area contributed by atoms with Gasteiger partial charge in [0.15, 0.2) is 18.2 Å². The van der Waals surface area contributed by atoms with Crippen LogP contribution in [0.5, 0.6) is 5.75 Å². The summed E-state index contributed by atoms with van der Waals surface area (Å²) in [6.45, 7) is 1.93. The summed E-state index contributed by atoms with van der Waals surface area (Å²) in [6.07, 6.45) is 3.15. The highest BCUT2D eigenvalue weighted by Crippen LogP contribution is 2.33. The normalized spacial score (nSPS) is 22.4. The van der Waals surface area contributed by atoms with Crippen LogP contribution < -0.4 is 15.4 Å². The number of hydrogen-bond acceptors (Lipinski definition) is 3. The fourth-order valence-corrected chi connectivity index (χ4v) is 2.76. The number of fused-ring (bicyclic) bond motifs is 1. The van der Waals surface area contributed by atoms with Gasteiger partial charge in [-0.05, 0) is 56.0 Å². The maximum Gasteiger partial charge on any atom is 0.262 e. The zero-order valence-electron chi connectivity index (χ0n) is 10.7. The van der Waals surface area contributed by atoms with E-state index < -0.39 is 5.82 Å². The smallest absolute Gasteiger partial charge is 0.262 e. The fraction of sp³-hybridized carbons (Fsp3) is 0.500. The third-order valence-corrected chi connectivity index (χ3v) is 3.65. The summed E-state index contributed by atoms with van der Waals surface area (Å²) in [5.74, 6) is 0.0659. The zero-order valence-corrected chi connectivity index (χ0v) is 10.7. The van der Waals surface area contributed by atoms with Crippen molar-refractivity contribution in [2.24, 2.45) is 5.92 Å². The minimum atomic E-state index is -0.392. The van der Waals surface area contributed by atoms with Crippen molar-refractivity contribution in [3.8, 4) is 5.75 Å². The lowest BCUT2D eigenvalue weighted by molar-refractivity contribution is -0.118. The van der Waals surface area contributed by atoms with Crippen molar-refractivity contribution in [2.75, 3.05) is 25.0 Å². The molecule has 0 aromatic heterocycles. The molecule has 3 rings (SSSR count). The standard InChI is InChI=1S/C14H17FN2O2/c15-11-5-10(4-9-2-1-3-16-7-9)6-12-14(11)19-8-13(18)17-12/h5-6,9,16H,1-4,7-8H2,(H,17,18). The second-order valence-electron chi connectivity index (χ2n) is 5.21. The van der Waals surface area contributed by atoms with Crippen molar-refractivity contribution in [1.82, 2.24) is 5.32 Å². The van der Waals surface area contributed by atoms with Crippen LogP contribution in [0.1, 0.15) is 18.4 Å². The van der Waals surface area contributed by atoms with E-state index in [0.717, 1.165) is 37.9 Å². The molecule has 1 aromatic carbocycles. The summed E-state index contributed by atoms with van der Waals surface area (Å²) < 4.78 is 19.0. The molecule has 0 aliphatic carbocycles. The van der Waals surface area contributed by atoms with Crippen molar-refractivity contribution in [2.45, 2.75) is 19.3 Å². The molecule has 1 saturated heterocycles. The maximum absolute atomic E-state index is 13.9. The number of ether oxygens (including phenoxy) is 1. The molecule has 0 saturated carbocycles. The van der Waals surface area contributed by atoms with E-state index in [-0.39, 0.29) is 18.3 Å². The zero-order chi connectivity index (χ0) is 13.2. The maximum atomic E-state index is 13.9. The van der Waals surface area contributed by atoms with Gasteiger partial charge in [0.2, 0.25) is 0 Å². The molecule has 19 heavy (non-hydrogen) atoms. The lowest BCUT2D eigenvalue weighted by atomic mass is 9.92. The number of halogens is 1. The molecule has 2 N–H and O–H groups in total. The second-order valence-corrected chi connectivity index (χ2v) is 5.21. The molecule has 0 bridgehead atoms. The number of rotatable bonds is 2. The second kappa shape index (κ2) is 5.17. The average Bonchev–Trinajstić information content (AvgIpc) is 2.39. The highest BCUT2D eigenvalue weighted by Gasteiger charge is 2.22. The summed E-state index contributed by atoms with van der Waals surface area (Å²) in [4.78, 5) is 11.3. The first kappa shape index (κ1) is 12.4. The Bertz CT molecular complexity index is 498.